The Morgan fingerprint density at radius 1 is 1.27 bits per heavy atom. The second-order valence-electron chi connectivity index (χ2n) is 3.85. The molecule has 0 radical (unpaired) electrons. The molecule has 0 aliphatic carbocycles. The van der Waals surface area contributed by atoms with Crippen LogP contribution in [0, 0.1) is 5.41 Å². The first-order valence-electron chi connectivity index (χ1n) is 5.43. The molecule has 0 bridgehead atoms. The SMILES string of the molecule is CC1SCCSC1C(=N)N1CCOCC1. The van der Waals surface area contributed by atoms with Gasteiger partial charge in [0.25, 0.3) is 0 Å². The van der Waals surface area contributed by atoms with Gasteiger partial charge >= 0.3 is 0 Å². The van der Waals surface area contributed by atoms with Crippen molar-refractivity contribution in [3.63, 3.8) is 0 Å². The van der Waals surface area contributed by atoms with Gasteiger partial charge in [0.1, 0.15) is 5.84 Å². The van der Waals surface area contributed by atoms with Crippen molar-refractivity contribution in [2.75, 3.05) is 37.8 Å². The summed E-state index contributed by atoms with van der Waals surface area (Å²) < 4.78 is 5.31. The summed E-state index contributed by atoms with van der Waals surface area (Å²) in [7, 11) is 0. The molecule has 2 atom stereocenters. The summed E-state index contributed by atoms with van der Waals surface area (Å²) in [5.41, 5.74) is 0. The molecule has 0 saturated carbocycles. The molecule has 2 heterocycles. The minimum atomic E-state index is 0.391. The Morgan fingerprint density at radius 2 is 1.93 bits per heavy atom. The van der Waals surface area contributed by atoms with Gasteiger partial charge in [-0.3, -0.25) is 5.41 Å². The number of rotatable bonds is 1. The molecule has 2 aliphatic rings. The Labute approximate surface area is 99.8 Å². The first-order valence-corrected chi connectivity index (χ1v) is 7.53. The van der Waals surface area contributed by atoms with Gasteiger partial charge in [-0.15, -0.1) is 11.8 Å². The summed E-state index contributed by atoms with van der Waals surface area (Å²) in [5.74, 6) is 3.24. The highest BCUT2D eigenvalue weighted by molar-refractivity contribution is 8.07. The number of nitrogens with one attached hydrogen (secondary N) is 1. The fraction of sp³-hybridized carbons (Fsp3) is 0.900. The van der Waals surface area contributed by atoms with E-state index in [4.69, 9.17) is 10.1 Å². The third-order valence-electron chi connectivity index (χ3n) is 2.81. The number of ether oxygens (including phenoxy) is 1. The number of thioether (sulfide) groups is 2. The molecule has 2 unspecified atom stereocenters. The maximum absolute atomic E-state index is 8.24. The van der Waals surface area contributed by atoms with Crippen molar-refractivity contribution in [2.24, 2.45) is 0 Å². The summed E-state index contributed by atoms with van der Waals surface area (Å²) in [6.45, 7) is 5.60. The lowest BCUT2D eigenvalue weighted by atomic mass is 10.2. The van der Waals surface area contributed by atoms with Gasteiger partial charge in [-0.25, -0.2) is 0 Å². The fourth-order valence-corrected chi connectivity index (χ4v) is 4.67. The van der Waals surface area contributed by atoms with Gasteiger partial charge in [0.05, 0.1) is 18.5 Å². The summed E-state index contributed by atoms with van der Waals surface area (Å²) in [6, 6.07) is 0. The average Bonchev–Trinajstić information content (AvgIpc) is 2.30. The second-order valence-corrected chi connectivity index (χ2v) is 6.59. The topological polar surface area (TPSA) is 36.3 Å². The van der Waals surface area contributed by atoms with Gasteiger partial charge in [-0.1, -0.05) is 6.92 Å². The molecular formula is C10H18N2OS2. The van der Waals surface area contributed by atoms with Gasteiger partial charge in [0.2, 0.25) is 0 Å². The number of hydrogen-bond acceptors (Lipinski definition) is 4. The van der Waals surface area contributed by atoms with E-state index in [1.165, 1.54) is 11.5 Å². The fourth-order valence-electron chi connectivity index (χ4n) is 1.92. The van der Waals surface area contributed by atoms with Gasteiger partial charge in [0, 0.05) is 29.8 Å². The molecule has 0 aromatic rings. The molecule has 15 heavy (non-hydrogen) atoms. The molecule has 2 aliphatic heterocycles. The van der Waals surface area contributed by atoms with Crippen LogP contribution in [0.1, 0.15) is 6.92 Å². The largest absolute Gasteiger partial charge is 0.378 e. The average molecular weight is 246 g/mol. The molecular weight excluding hydrogens is 228 g/mol. The van der Waals surface area contributed by atoms with E-state index in [9.17, 15) is 0 Å². The highest BCUT2D eigenvalue weighted by Gasteiger charge is 2.29. The molecule has 2 fully saturated rings. The predicted octanol–water partition coefficient (Wildman–Crippen LogP) is 1.53. The summed E-state index contributed by atoms with van der Waals surface area (Å²) in [6.07, 6.45) is 0. The second kappa shape index (κ2) is 5.46. The molecule has 2 rings (SSSR count). The van der Waals surface area contributed by atoms with E-state index in [2.05, 4.69) is 11.8 Å². The van der Waals surface area contributed by atoms with Crippen LogP contribution in [-0.2, 0) is 4.74 Å². The Kier molecular flexibility index (Phi) is 4.22. The monoisotopic (exact) mass is 246 g/mol. The van der Waals surface area contributed by atoms with E-state index in [0.29, 0.717) is 10.5 Å². The minimum absolute atomic E-state index is 0.391. The zero-order valence-corrected chi connectivity index (χ0v) is 10.7. The van der Waals surface area contributed by atoms with E-state index >= 15 is 0 Å². The van der Waals surface area contributed by atoms with Crippen LogP contribution in [0.4, 0.5) is 0 Å². The Balaban J connectivity index is 1.92. The number of hydrogen-bond donors (Lipinski definition) is 1. The van der Waals surface area contributed by atoms with Crippen molar-refractivity contribution in [1.29, 1.82) is 5.41 Å². The van der Waals surface area contributed by atoms with Crippen molar-refractivity contribution in [2.45, 2.75) is 17.4 Å². The molecule has 0 aromatic carbocycles. The van der Waals surface area contributed by atoms with Gasteiger partial charge in [-0.05, 0) is 0 Å². The summed E-state index contributed by atoms with van der Waals surface area (Å²) in [4.78, 5) is 2.18. The standard InChI is InChI=1S/C10H18N2OS2/c1-8-9(15-7-6-14-8)10(11)12-2-4-13-5-3-12/h8-9,11H,2-7H2,1H3. The van der Waals surface area contributed by atoms with E-state index in [1.54, 1.807) is 0 Å². The van der Waals surface area contributed by atoms with Crippen LogP contribution in [0.3, 0.4) is 0 Å². The number of amidine groups is 1. The molecule has 1 N–H and O–H groups in total. The Hall–Kier alpha value is 0.130. The highest BCUT2D eigenvalue weighted by atomic mass is 32.2. The first-order chi connectivity index (χ1) is 7.29. The molecule has 0 spiro atoms. The minimum Gasteiger partial charge on any atom is -0.378 e. The van der Waals surface area contributed by atoms with Crippen LogP contribution < -0.4 is 0 Å². The summed E-state index contributed by atoms with van der Waals surface area (Å²) >= 11 is 3.94. The molecule has 86 valence electrons. The smallest absolute Gasteiger partial charge is 0.110 e. The van der Waals surface area contributed by atoms with Gasteiger partial charge in [-0.2, -0.15) is 11.8 Å². The lowest BCUT2D eigenvalue weighted by molar-refractivity contribution is 0.0670. The molecule has 2 saturated heterocycles. The molecule has 3 nitrogen and oxygen atoms in total. The van der Waals surface area contributed by atoms with Crippen LogP contribution in [0.5, 0.6) is 0 Å². The van der Waals surface area contributed by atoms with Crippen molar-refractivity contribution in [1.82, 2.24) is 4.90 Å². The quantitative estimate of drug-likeness (QED) is 0.562. The van der Waals surface area contributed by atoms with Crippen molar-refractivity contribution in [3.8, 4) is 0 Å². The van der Waals surface area contributed by atoms with Crippen LogP contribution in [0.15, 0.2) is 0 Å². The van der Waals surface area contributed by atoms with Gasteiger partial charge < -0.3 is 9.64 Å². The van der Waals surface area contributed by atoms with Crippen molar-refractivity contribution >= 4 is 29.4 Å². The van der Waals surface area contributed by atoms with E-state index < -0.39 is 0 Å². The maximum Gasteiger partial charge on any atom is 0.110 e. The first kappa shape index (κ1) is 11.6. The van der Waals surface area contributed by atoms with Crippen molar-refractivity contribution in [3.05, 3.63) is 0 Å². The normalized spacial score (nSPS) is 32.7. The summed E-state index contributed by atoms with van der Waals surface area (Å²) in [5, 5.41) is 9.22. The molecule has 5 heteroatoms. The van der Waals surface area contributed by atoms with E-state index in [-0.39, 0.29) is 0 Å². The number of morpholine rings is 1. The van der Waals surface area contributed by atoms with E-state index in [1.807, 2.05) is 23.5 Å². The Morgan fingerprint density at radius 3 is 2.60 bits per heavy atom. The third kappa shape index (κ3) is 2.82. The molecule has 0 amide bonds. The molecule has 0 aromatic heterocycles. The van der Waals surface area contributed by atoms with Gasteiger partial charge in [0.15, 0.2) is 0 Å². The third-order valence-corrected chi connectivity index (χ3v) is 5.91. The number of nitrogens with zero attached hydrogens (tertiary/aromatic N) is 1. The van der Waals surface area contributed by atoms with Crippen LogP contribution >= 0.6 is 23.5 Å². The van der Waals surface area contributed by atoms with Crippen molar-refractivity contribution < 1.29 is 4.74 Å². The zero-order valence-electron chi connectivity index (χ0n) is 9.07. The Bertz CT molecular complexity index is 231. The predicted molar refractivity (Wildman–Crippen MR) is 68.3 cm³/mol. The zero-order chi connectivity index (χ0) is 10.7. The van der Waals surface area contributed by atoms with Crippen LogP contribution in [0.25, 0.3) is 0 Å². The maximum atomic E-state index is 8.24. The highest BCUT2D eigenvalue weighted by Crippen LogP contribution is 2.32. The lowest BCUT2D eigenvalue weighted by Gasteiger charge is -2.36. The van der Waals surface area contributed by atoms with Crippen LogP contribution in [0.2, 0.25) is 0 Å². The van der Waals surface area contributed by atoms with Crippen LogP contribution in [-0.4, -0.2) is 59.0 Å². The lowest BCUT2D eigenvalue weighted by Crippen LogP contribution is -2.47. The van der Waals surface area contributed by atoms with E-state index in [0.717, 1.165) is 32.1 Å².